The Labute approximate surface area is 104 Å². The van der Waals surface area contributed by atoms with Crippen LogP contribution in [-0.2, 0) is 7.05 Å². The number of halogens is 1. The maximum absolute atomic E-state index is 4.45. The maximum atomic E-state index is 4.45. The number of benzene rings is 1. The van der Waals surface area contributed by atoms with Gasteiger partial charge in [0.15, 0.2) is 0 Å². The summed E-state index contributed by atoms with van der Waals surface area (Å²) in [5.41, 5.74) is 3.29. The Hall–Kier alpha value is -1.35. The number of aromatic nitrogens is 1. The molecule has 2 aromatic rings. The van der Waals surface area contributed by atoms with E-state index in [1.807, 2.05) is 42.4 Å². The highest BCUT2D eigenvalue weighted by atomic mass is 79.9. The molecule has 1 heterocycles. The lowest BCUT2D eigenvalue weighted by Crippen LogP contribution is -1.80. The Bertz CT molecular complexity index is 526. The van der Waals surface area contributed by atoms with Crippen LogP contribution in [0, 0.1) is 6.92 Å². The summed E-state index contributed by atoms with van der Waals surface area (Å²) >= 11 is 3.51. The van der Waals surface area contributed by atoms with E-state index in [2.05, 4.69) is 40.0 Å². The summed E-state index contributed by atoms with van der Waals surface area (Å²) in [5.74, 6) is 0. The van der Waals surface area contributed by atoms with Crippen molar-refractivity contribution in [1.29, 1.82) is 0 Å². The van der Waals surface area contributed by atoms with Gasteiger partial charge in [0.1, 0.15) is 0 Å². The van der Waals surface area contributed by atoms with Crippen LogP contribution >= 0.6 is 15.9 Å². The zero-order valence-corrected chi connectivity index (χ0v) is 10.9. The lowest BCUT2D eigenvalue weighted by atomic mass is 10.2. The summed E-state index contributed by atoms with van der Waals surface area (Å²) in [5, 5.41) is 0. The van der Waals surface area contributed by atoms with Gasteiger partial charge in [0.2, 0.25) is 0 Å². The van der Waals surface area contributed by atoms with Crippen molar-refractivity contribution in [3.63, 3.8) is 0 Å². The number of rotatable bonds is 2. The molecule has 0 saturated carbocycles. The first kappa shape index (κ1) is 11.1. The lowest BCUT2D eigenvalue weighted by Gasteiger charge is -1.98. The van der Waals surface area contributed by atoms with Gasteiger partial charge in [-0.05, 0) is 46.6 Å². The summed E-state index contributed by atoms with van der Waals surface area (Å²) < 4.78 is 3.03. The minimum absolute atomic E-state index is 0.953. The second-order valence-electron chi connectivity index (χ2n) is 3.82. The molecule has 2 rings (SSSR count). The van der Waals surface area contributed by atoms with Crippen LogP contribution in [0.3, 0.4) is 0 Å². The molecule has 2 nitrogen and oxygen atoms in total. The van der Waals surface area contributed by atoms with Crippen molar-refractivity contribution in [2.24, 2.45) is 12.0 Å². The Kier molecular flexibility index (Phi) is 3.25. The number of hydrogen-bond donors (Lipinski definition) is 0. The van der Waals surface area contributed by atoms with Gasteiger partial charge in [-0.1, -0.05) is 6.07 Å². The smallest absolute Gasteiger partial charge is 0.0772 e. The zero-order chi connectivity index (χ0) is 11.5. The third-order valence-corrected chi connectivity index (χ3v) is 2.95. The molecule has 0 bridgehead atoms. The van der Waals surface area contributed by atoms with Crippen molar-refractivity contribution >= 4 is 27.8 Å². The summed E-state index contributed by atoms with van der Waals surface area (Å²) in [6.07, 6.45) is 5.91. The quantitative estimate of drug-likeness (QED) is 0.742. The Morgan fingerprint density at radius 2 is 2.12 bits per heavy atom. The van der Waals surface area contributed by atoms with E-state index in [0.29, 0.717) is 0 Å². The van der Waals surface area contributed by atoms with Crippen molar-refractivity contribution in [3.8, 4) is 0 Å². The number of aliphatic imine (C=N–C) groups is 1. The van der Waals surface area contributed by atoms with E-state index in [-0.39, 0.29) is 0 Å². The van der Waals surface area contributed by atoms with Crippen molar-refractivity contribution in [1.82, 2.24) is 4.57 Å². The molecule has 0 N–H and O–H groups in total. The fraction of sp³-hybridized carbons (Fsp3) is 0.154. The molecule has 0 aliphatic carbocycles. The van der Waals surface area contributed by atoms with Crippen LogP contribution in [0.4, 0.5) is 5.69 Å². The van der Waals surface area contributed by atoms with Crippen LogP contribution in [0.15, 0.2) is 46.1 Å². The van der Waals surface area contributed by atoms with E-state index in [1.165, 1.54) is 5.56 Å². The Balaban J connectivity index is 2.23. The molecule has 1 aromatic carbocycles. The Morgan fingerprint density at radius 1 is 1.31 bits per heavy atom. The minimum atomic E-state index is 0.953. The van der Waals surface area contributed by atoms with Gasteiger partial charge in [0.25, 0.3) is 0 Å². The van der Waals surface area contributed by atoms with Gasteiger partial charge in [0, 0.05) is 35.7 Å². The first-order valence-corrected chi connectivity index (χ1v) is 5.86. The first-order valence-electron chi connectivity index (χ1n) is 5.07. The third-order valence-electron chi connectivity index (χ3n) is 2.31. The monoisotopic (exact) mass is 276 g/mol. The summed E-state index contributed by atoms with van der Waals surface area (Å²) in [6, 6.07) is 8.17. The van der Waals surface area contributed by atoms with Crippen LogP contribution in [0.5, 0.6) is 0 Å². The van der Waals surface area contributed by atoms with E-state index in [4.69, 9.17) is 0 Å². The molecule has 0 aliphatic rings. The van der Waals surface area contributed by atoms with Gasteiger partial charge in [-0.15, -0.1) is 0 Å². The highest BCUT2D eigenvalue weighted by Crippen LogP contribution is 2.25. The summed E-state index contributed by atoms with van der Waals surface area (Å²) in [6.45, 7) is 2.06. The molecule has 0 radical (unpaired) electrons. The second-order valence-corrected chi connectivity index (χ2v) is 4.68. The zero-order valence-electron chi connectivity index (χ0n) is 9.31. The largest absolute Gasteiger partial charge is 0.357 e. The van der Waals surface area contributed by atoms with Gasteiger partial charge in [-0.25, -0.2) is 0 Å². The molecule has 0 aliphatic heterocycles. The van der Waals surface area contributed by atoms with Crippen molar-refractivity contribution in [2.75, 3.05) is 0 Å². The van der Waals surface area contributed by atoms with Crippen LogP contribution in [0.25, 0.3) is 0 Å². The maximum Gasteiger partial charge on any atom is 0.0772 e. The molecule has 0 unspecified atom stereocenters. The van der Waals surface area contributed by atoms with Crippen LogP contribution in [0.2, 0.25) is 0 Å². The van der Waals surface area contributed by atoms with Crippen LogP contribution in [-0.4, -0.2) is 10.8 Å². The normalized spacial score (nSPS) is 11.2. The molecular weight excluding hydrogens is 264 g/mol. The van der Waals surface area contributed by atoms with E-state index in [1.54, 1.807) is 0 Å². The summed E-state index contributed by atoms with van der Waals surface area (Å²) in [4.78, 5) is 4.45. The SMILES string of the molecule is Cc1ccc(N=Cc2ccn(C)c2)c(Br)c1. The Morgan fingerprint density at radius 3 is 2.75 bits per heavy atom. The molecule has 0 fully saturated rings. The highest BCUT2D eigenvalue weighted by Gasteiger charge is 1.97. The van der Waals surface area contributed by atoms with Crippen LogP contribution < -0.4 is 0 Å². The molecule has 1 aromatic heterocycles. The fourth-order valence-corrected chi connectivity index (χ4v) is 2.06. The van der Waals surface area contributed by atoms with E-state index < -0.39 is 0 Å². The average molecular weight is 277 g/mol. The molecule has 0 saturated heterocycles. The molecule has 82 valence electrons. The lowest BCUT2D eigenvalue weighted by molar-refractivity contribution is 0.927. The molecule has 0 spiro atoms. The number of nitrogens with zero attached hydrogens (tertiary/aromatic N) is 2. The van der Waals surface area contributed by atoms with Gasteiger partial charge >= 0.3 is 0 Å². The standard InChI is InChI=1S/C13H13BrN2/c1-10-3-4-13(12(14)7-10)15-8-11-5-6-16(2)9-11/h3-9H,1-2H3. The van der Waals surface area contributed by atoms with Crippen molar-refractivity contribution < 1.29 is 0 Å². The van der Waals surface area contributed by atoms with Gasteiger partial charge in [-0.2, -0.15) is 0 Å². The predicted molar refractivity (Wildman–Crippen MR) is 71.5 cm³/mol. The topological polar surface area (TPSA) is 17.3 Å². The molecular formula is C13H13BrN2. The first-order chi connectivity index (χ1) is 7.65. The molecule has 0 amide bonds. The van der Waals surface area contributed by atoms with Crippen molar-refractivity contribution in [2.45, 2.75) is 6.92 Å². The van der Waals surface area contributed by atoms with Gasteiger partial charge in [0.05, 0.1) is 5.69 Å². The predicted octanol–water partition coefficient (Wildman–Crippen LogP) is 3.85. The minimum Gasteiger partial charge on any atom is -0.357 e. The number of aryl methyl sites for hydroxylation is 2. The van der Waals surface area contributed by atoms with E-state index in [0.717, 1.165) is 15.7 Å². The van der Waals surface area contributed by atoms with Gasteiger partial charge in [-0.3, -0.25) is 4.99 Å². The fourth-order valence-electron chi connectivity index (χ4n) is 1.46. The van der Waals surface area contributed by atoms with E-state index >= 15 is 0 Å². The van der Waals surface area contributed by atoms with E-state index in [9.17, 15) is 0 Å². The molecule has 16 heavy (non-hydrogen) atoms. The molecule has 3 heteroatoms. The number of hydrogen-bond acceptors (Lipinski definition) is 1. The molecule has 0 atom stereocenters. The highest BCUT2D eigenvalue weighted by molar-refractivity contribution is 9.10. The third kappa shape index (κ3) is 2.61. The van der Waals surface area contributed by atoms with Gasteiger partial charge < -0.3 is 4.57 Å². The second kappa shape index (κ2) is 4.66. The summed E-state index contributed by atoms with van der Waals surface area (Å²) in [7, 11) is 2.00. The van der Waals surface area contributed by atoms with Crippen LogP contribution in [0.1, 0.15) is 11.1 Å². The average Bonchev–Trinajstić information content (AvgIpc) is 2.63. The van der Waals surface area contributed by atoms with Crippen molar-refractivity contribution in [3.05, 3.63) is 52.3 Å².